The van der Waals surface area contributed by atoms with Gasteiger partial charge in [-0.25, -0.2) is 8.42 Å². The number of ether oxygens (including phenoxy) is 2. The molecule has 0 fully saturated rings. The monoisotopic (exact) mass is 580 g/mol. The van der Waals surface area contributed by atoms with Crippen LogP contribution in [0.3, 0.4) is 0 Å². The molecule has 186 valence electrons. The molecule has 0 aromatic heterocycles. The first-order valence-electron chi connectivity index (χ1n) is 10.9. The maximum absolute atomic E-state index is 12.7. The minimum atomic E-state index is -3.88. The van der Waals surface area contributed by atoms with Crippen molar-refractivity contribution in [1.29, 1.82) is 0 Å². The Balaban J connectivity index is 1.68. The van der Waals surface area contributed by atoms with Crippen molar-refractivity contribution in [3.8, 4) is 11.5 Å². The van der Waals surface area contributed by atoms with Crippen LogP contribution < -0.4 is 19.5 Å². The van der Waals surface area contributed by atoms with E-state index in [0.29, 0.717) is 11.4 Å². The predicted molar refractivity (Wildman–Crippen MR) is 142 cm³/mol. The first kappa shape index (κ1) is 26.8. The van der Waals surface area contributed by atoms with E-state index >= 15 is 0 Å². The summed E-state index contributed by atoms with van der Waals surface area (Å²) in [5, 5.41) is 3.00. The zero-order chi connectivity index (χ0) is 25.6. The molecular formula is C25H26BrClN2O5S. The van der Waals surface area contributed by atoms with Crippen LogP contribution in [-0.2, 0) is 27.7 Å². The van der Waals surface area contributed by atoms with Gasteiger partial charge in [0.15, 0.2) is 6.61 Å². The standard InChI is InChI=1S/C25H26BrClN2O5S/c1-4-16-12-18(26)13-17(5-2)25(16)28-24(30)15-34-23-11-10-21(14-22(23)27)35(31,32)29-19-6-8-20(33-3)9-7-19/h6-14,29H,4-5,15H2,1-3H3,(H,28,30). The Labute approximate surface area is 219 Å². The fraction of sp³-hybridized carbons (Fsp3) is 0.240. The molecule has 0 spiro atoms. The van der Waals surface area contributed by atoms with Crippen molar-refractivity contribution < 1.29 is 22.7 Å². The average Bonchev–Trinajstić information content (AvgIpc) is 2.84. The molecule has 0 heterocycles. The summed E-state index contributed by atoms with van der Waals surface area (Å²) >= 11 is 9.77. The normalized spacial score (nSPS) is 11.1. The van der Waals surface area contributed by atoms with Gasteiger partial charge in [-0.15, -0.1) is 0 Å². The van der Waals surface area contributed by atoms with Crippen molar-refractivity contribution in [2.24, 2.45) is 0 Å². The van der Waals surface area contributed by atoms with Crippen LogP contribution in [0.2, 0.25) is 5.02 Å². The molecule has 0 unspecified atom stereocenters. The van der Waals surface area contributed by atoms with Gasteiger partial charge in [-0.2, -0.15) is 0 Å². The van der Waals surface area contributed by atoms with Crippen molar-refractivity contribution in [3.63, 3.8) is 0 Å². The molecule has 3 aromatic rings. The number of aryl methyl sites for hydroxylation is 2. The molecule has 3 rings (SSSR count). The lowest BCUT2D eigenvalue weighted by Crippen LogP contribution is -2.22. The molecule has 10 heteroatoms. The Bertz CT molecular complexity index is 1290. The summed E-state index contributed by atoms with van der Waals surface area (Å²) in [5.74, 6) is 0.469. The molecule has 0 saturated carbocycles. The molecular weight excluding hydrogens is 556 g/mol. The zero-order valence-corrected chi connectivity index (χ0v) is 22.7. The van der Waals surface area contributed by atoms with E-state index in [1.54, 1.807) is 24.3 Å². The molecule has 0 aliphatic heterocycles. The van der Waals surface area contributed by atoms with E-state index in [-0.39, 0.29) is 28.2 Å². The first-order valence-corrected chi connectivity index (χ1v) is 13.5. The van der Waals surface area contributed by atoms with E-state index < -0.39 is 10.0 Å². The maximum Gasteiger partial charge on any atom is 0.262 e. The van der Waals surface area contributed by atoms with Crippen LogP contribution in [0.1, 0.15) is 25.0 Å². The number of carbonyl (C=O) groups is 1. The third kappa shape index (κ3) is 6.90. The summed E-state index contributed by atoms with van der Waals surface area (Å²) in [6, 6.07) is 14.5. The zero-order valence-electron chi connectivity index (χ0n) is 19.5. The lowest BCUT2D eigenvalue weighted by Gasteiger charge is -2.16. The molecule has 0 aliphatic rings. The van der Waals surface area contributed by atoms with E-state index in [4.69, 9.17) is 21.1 Å². The SMILES string of the molecule is CCc1cc(Br)cc(CC)c1NC(=O)COc1ccc(S(=O)(=O)Nc2ccc(OC)cc2)cc1Cl. The third-order valence-electron chi connectivity index (χ3n) is 5.21. The number of carbonyl (C=O) groups excluding carboxylic acids is 1. The van der Waals surface area contributed by atoms with Crippen molar-refractivity contribution in [3.05, 3.63) is 75.2 Å². The number of sulfonamides is 1. The van der Waals surface area contributed by atoms with Crippen LogP contribution in [0.15, 0.2) is 64.0 Å². The number of methoxy groups -OCH3 is 1. The minimum Gasteiger partial charge on any atom is -0.497 e. The van der Waals surface area contributed by atoms with Gasteiger partial charge in [0.2, 0.25) is 0 Å². The second-order valence-electron chi connectivity index (χ2n) is 7.57. The molecule has 2 N–H and O–H groups in total. The van der Waals surface area contributed by atoms with E-state index in [9.17, 15) is 13.2 Å². The van der Waals surface area contributed by atoms with Gasteiger partial charge in [0, 0.05) is 15.8 Å². The number of benzene rings is 3. The Hall–Kier alpha value is -2.75. The van der Waals surface area contributed by atoms with Gasteiger partial charge >= 0.3 is 0 Å². The molecule has 35 heavy (non-hydrogen) atoms. The van der Waals surface area contributed by atoms with E-state index in [2.05, 4.69) is 26.0 Å². The molecule has 3 aromatic carbocycles. The molecule has 0 saturated heterocycles. The number of rotatable bonds is 10. The highest BCUT2D eigenvalue weighted by atomic mass is 79.9. The number of amides is 1. The number of anilines is 2. The van der Waals surface area contributed by atoms with Gasteiger partial charge in [-0.3, -0.25) is 9.52 Å². The lowest BCUT2D eigenvalue weighted by molar-refractivity contribution is -0.118. The quantitative estimate of drug-likeness (QED) is 0.304. The van der Waals surface area contributed by atoms with Crippen molar-refractivity contribution in [1.82, 2.24) is 0 Å². The number of hydrogen-bond acceptors (Lipinski definition) is 5. The first-order chi connectivity index (χ1) is 16.7. The molecule has 0 atom stereocenters. The molecule has 0 bridgehead atoms. The van der Waals surface area contributed by atoms with Crippen LogP contribution >= 0.6 is 27.5 Å². The summed E-state index contributed by atoms with van der Waals surface area (Å²) in [7, 11) is -2.35. The second kappa shape index (κ2) is 11.8. The topological polar surface area (TPSA) is 93.7 Å². The minimum absolute atomic E-state index is 0.0369. The van der Waals surface area contributed by atoms with Crippen molar-refractivity contribution in [2.45, 2.75) is 31.6 Å². The van der Waals surface area contributed by atoms with Gasteiger partial charge in [0.05, 0.1) is 17.0 Å². The third-order valence-corrected chi connectivity index (χ3v) is 7.34. The maximum atomic E-state index is 12.7. The predicted octanol–water partition coefficient (Wildman–Crippen LogP) is 6.05. The smallest absolute Gasteiger partial charge is 0.262 e. The highest BCUT2D eigenvalue weighted by molar-refractivity contribution is 9.10. The van der Waals surface area contributed by atoms with Crippen molar-refractivity contribution in [2.75, 3.05) is 23.8 Å². The van der Waals surface area contributed by atoms with Crippen LogP contribution in [-0.4, -0.2) is 28.0 Å². The van der Waals surface area contributed by atoms with Crippen LogP contribution in [0.25, 0.3) is 0 Å². The Kier molecular flexibility index (Phi) is 9.04. The van der Waals surface area contributed by atoms with Gasteiger partial charge < -0.3 is 14.8 Å². The summed E-state index contributed by atoms with van der Waals surface area (Å²) < 4.78 is 39.5. The largest absolute Gasteiger partial charge is 0.497 e. The fourth-order valence-electron chi connectivity index (χ4n) is 3.40. The average molecular weight is 582 g/mol. The number of nitrogens with one attached hydrogen (secondary N) is 2. The summed E-state index contributed by atoms with van der Waals surface area (Å²) in [5.41, 5.74) is 3.19. The molecule has 7 nitrogen and oxygen atoms in total. The van der Waals surface area contributed by atoms with Crippen molar-refractivity contribution >= 4 is 54.8 Å². The summed E-state index contributed by atoms with van der Waals surface area (Å²) in [4.78, 5) is 12.6. The highest BCUT2D eigenvalue weighted by Gasteiger charge is 2.18. The number of halogens is 2. The Morgan fingerprint density at radius 3 is 2.17 bits per heavy atom. The van der Waals surface area contributed by atoms with Gasteiger partial charge in [-0.1, -0.05) is 41.4 Å². The van der Waals surface area contributed by atoms with Gasteiger partial charge in [0.1, 0.15) is 11.5 Å². The van der Waals surface area contributed by atoms with E-state index in [0.717, 1.165) is 34.1 Å². The molecule has 0 radical (unpaired) electrons. The second-order valence-corrected chi connectivity index (χ2v) is 10.6. The van der Waals surface area contributed by atoms with E-state index in [1.807, 2.05) is 26.0 Å². The fourth-order valence-corrected chi connectivity index (χ4v) is 5.34. The van der Waals surface area contributed by atoms with Crippen LogP contribution in [0, 0.1) is 0 Å². The molecule has 1 amide bonds. The summed E-state index contributed by atoms with van der Waals surface area (Å²) in [6.45, 7) is 3.76. The number of hydrogen-bond donors (Lipinski definition) is 2. The van der Waals surface area contributed by atoms with Crippen LogP contribution in [0.4, 0.5) is 11.4 Å². The Morgan fingerprint density at radius 1 is 1.00 bits per heavy atom. The Morgan fingerprint density at radius 2 is 1.63 bits per heavy atom. The van der Waals surface area contributed by atoms with E-state index in [1.165, 1.54) is 25.3 Å². The van der Waals surface area contributed by atoms with Crippen LogP contribution in [0.5, 0.6) is 11.5 Å². The highest BCUT2D eigenvalue weighted by Crippen LogP contribution is 2.30. The van der Waals surface area contributed by atoms with Gasteiger partial charge in [0.25, 0.3) is 15.9 Å². The summed E-state index contributed by atoms with van der Waals surface area (Å²) in [6.07, 6.45) is 1.52. The molecule has 0 aliphatic carbocycles. The lowest BCUT2D eigenvalue weighted by atomic mass is 10.0. The van der Waals surface area contributed by atoms with Gasteiger partial charge in [-0.05, 0) is 78.6 Å².